The molecule has 0 aliphatic rings. The average molecular weight is 309 g/mol. The largest absolute Gasteiger partial charge is 0.495 e. The van der Waals surface area contributed by atoms with Crippen molar-refractivity contribution >= 4 is 22.6 Å². The molecule has 3 rings (SSSR count). The Hall–Kier alpha value is -2.82. The number of aromatic nitrogens is 2. The highest BCUT2D eigenvalue weighted by molar-refractivity contribution is 6.06. The number of fused-ring (bicyclic) bond motifs is 1. The number of anilines is 1. The molecule has 5 heteroatoms. The molecule has 23 heavy (non-hydrogen) atoms. The number of ether oxygens (including phenoxy) is 1. The molecule has 0 fully saturated rings. The molecule has 0 unspecified atom stereocenters. The molecule has 0 radical (unpaired) electrons. The zero-order chi connectivity index (χ0) is 16.4. The van der Waals surface area contributed by atoms with E-state index >= 15 is 0 Å². The van der Waals surface area contributed by atoms with E-state index in [1.54, 1.807) is 25.6 Å². The first-order valence-electron chi connectivity index (χ1n) is 7.51. The van der Waals surface area contributed by atoms with Crippen molar-refractivity contribution in [1.29, 1.82) is 0 Å². The van der Waals surface area contributed by atoms with E-state index in [9.17, 15) is 4.79 Å². The summed E-state index contributed by atoms with van der Waals surface area (Å²) in [5.41, 5.74) is 4.06. The summed E-state index contributed by atoms with van der Waals surface area (Å²) in [5, 5.41) is 2.90. The minimum Gasteiger partial charge on any atom is -0.495 e. The number of hydrogen-bond donors (Lipinski definition) is 2. The highest BCUT2D eigenvalue weighted by Crippen LogP contribution is 2.29. The maximum absolute atomic E-state index is 12.5. The van der Waals surface area contributed by atoms with Gasteiger partial charge in [-0.2, -0.15) is 0 Å². The lowest BCUT2D eigenvalue weighted by Gasteiger charge is -2.13. The zero-order valence-corrected chi connectivity index (χ0v) is 13.4. The number of aromatic amines is 1. The summed E-state index contributed by atoms with van der Waals surface area (Å²) < 4.78 is 5.40. The van der Waals surface area contributed by atoms with E-state index in [1.807, 2.05) is 24.3 Å². The summed E-state index contributed by atoms with van der Waals surface area (Å²) in [7, 11) is 1.60. The lowest BCUT2D eigenvalue weighted by Crippen LogP contribution is -2.12. The zero-order valence-electron chi connectivity index (χ0n) is 13.4. The number of methoxy groups -OCH3 is 1. The van der Waals surface area contributed by atoms with Crippen LogP contribution in [0.2, 0.25) is 0 Å². The summed E-state index contributed by atoms with van der Waals surface area (Å²) in [6, 6.07) is 11.2. The van der Waals surface area contributed by atoms with Crippen LogP contribution in [0.1, 0.15) is 35.7 Å². The lowest BCUT2D eigenvalue weighted by atomic mass is 10.0. The van der Waals surface area contributed by atoms with Gasteiger partial charge >= 0.3 is 0 Å². The molecular weight excluding hydrogens is 290 g/mol. The smallest absolute Gasteiger partial charge is 0.255 e. The number of carbonyl (C=O) groups is 1. The molecule has 0 aliphatic heterocycles. The van der Waals surface area contributed by atoms with Gasteiger partial charge in [-0.25, -0.2) is 4.98 Å². The fourth-order valence-corrected chi connectivity index (χ4v) is 2.44. The molecule has 0 aliphatic carbocycles. The third-order valence-electron chi connectivity index (χ3n) is 3.82. The number of nitrogens with one attached hydrogen (secondary N) is 2. The second kappa shape index (κ2) is 6.12. The van der Waals surface area contributed by atoms with E-state index in [-0.39, 0.29) is 5.91 Å². The van der Waals surface area contributed by atoms with E-state index in [0.717, 1.165) is 11.0 Å². The number of nitrogens with zero attached hydrogens (tertiary/aromatic N) is 1. The monoisotopic (exact) mass is 309 g/mol. The van der Waals surface area contributed by atoms with Crippen molar-refractivity contribution in [1.82, 2.24) is 9.97 Å². The number of rotatable bonds is 4. The number of amides is 1. The second-order valence-corrected chi connectivity index (χ2v) is 5.70. The van der Waals surface area contributed by atoms with Gasteiger partial charge in [0.1, 0.15) is 5.75 Å². The molecule has 0 bridgehead atoms. The molecule has 1 amide bonds. The van der Waals surface area contributed by atoms with E-state index in [1.165, 1.54) is 5.56 Å². The van der Waals surface area contributed by atoms with Gasteiger partial charge in [0.2, 0.25) is 0 Å². The Balaban J connectivity index is 1.87. The maximum atomic E-state index is 12.5. The molecule has 118 valence electrons. The van der Waals surface area contributed by atoms with Crippen molar-refractivity contribution in [2.75, 3.05) is 12.4 Å². The Morgan fingerprint density at radius 1 is 1.22 bits per heavy atom. The predicted molar refractivity (Wildman–Crippen MR) is 91.1 cm³/mol. The third kappa shape index (κ3) is 3.04. The van der Waals surface area contributed by atoms with Crippen LogP contribution in [0.15, 0.2) is 42.7 Å². The molecule has 0 saturated heterocycles. The fraction of sp³-hybridized carbons (Fsp3) is 0.222. The van der Waals surface area contributed by atoms with Crippen molar-refractivity contribution < 1.29 is 9.53 Å². The number of benzene rings is 2. The minimum atomic E-state index is -0.183. The third-order valence-corrected chi connectivity index (χ3v) is 3.82. The van der Waals surface area contributed by atoms with Gasteiger partial charge in [0, 0.05) is 5.56 Å². The van der Waals surface area contributed by atoms with Crippen LogP contribution < -0.4 is 10.1 Å². The van der Waals surface area contributed by atoms with Crippen molar-refractivity contribution in [2.24, 2.45) is 0 Å². The summed E-state index contributed by atoms with van der Waals surface area (Å²) >= 11 is 0. The number of imidazole rings is 1. The molecule has 2 N–H and O–H groups in total. The first kappa shape index (κ1) is 15.1. The van der Waals surface area contributed by atoms with Gasteiger partial charge in [-0.05, 0) is 41.8 Å². The van der Waals surface area contributed by atoms with Crippen LogP contribution in [-0.2, 0) is 0 Å². The van der Waals surface area contributed by atoms with Gasteiger partial charge in [-0.1, -0.05) is 19.9 Å². The van der Waals surface area contributed by atoms with Gasteiger partial charge in [0.15, 0.2) is 0 Å². The number of carbonyl (C=O) groups excluding carboxylic acids is 1. The van der Waals surface area contributed by atoms with Crippen molar-refractivity contribution in [3.05, 3.63) is 53.9 Å². The van der Waals surface area contributed by atoms with Crippen LogP contribution in [0, 0.1) is 0 Å². The summed E-state index contributed by atoms with van der Waals surface area (Å²) in [4.78, 5) is 19.6. The van der Waals surface area contributed by atoms with Gasteiger partial charge in [-0.15, -0.1) is 0 Å². The highest BCUT2D eigenvalue weighted by atomic mass is 16.5. The van der Waals surface area contributed by atoms with Crippen LogP contribution in [0.3, 0.4) is 0 Å². The topological polar surface area (TPSA) is 67.0 Å². The molecule has 1 heterocycles. The van der Waals surface area contributed by atoms with Crippen LogP contribution >= 0.6 is 0 Å². The van der Waals surface area contributed by atoms with Gasteiger partial charge in [0.25, 0.3) is 5.91 Å². The predicted octanol–water partition coefficient (Wildman–Crippen LogP) is 3.95. The Labute approximate surface area is 134 Å². The molecule has 0 spiro atoms. The van der Waals surface area contributed by atoms with E-state index < -0.39 is 0 Å². The van der Waals surface area contributed by atoms with E-state index in [4.69, 9.17) is 4.74 Å². The van der Waals surface area contributed by atoms with Crippen LogP contribution in [-0.4, -0.2) is 23.0 Å². The molecule has 2 aromatic carbocycles. The maximum Gasteiger partial charge on any atom is 0.255 e. The summed E-state index contributed by atoms with van der Waals surface area (Å²) in [6.07, 6.45) is 1.61. The molecule has 3 aromatic rings. The van der Waals surface area contributed by atoms with Gasteiger partial charge in [-0.3, -0.25) is 4.79 Å². The van der Waals surface area contributed by atoms with Crippen molar-refractivity contribution in [3.8, 4) is 5.75 Å². The first-order chi connectivity index (χ1) is 11.1. The van der Waals surface area contributed by atoms with Crippen molar-refractivity contribution in [3.63, 3.8) is 0 Å². The SMILES string of the molecule is COc1cc(C(C)C)ccc1NC(=O)c1ccc2nc[nH]c2c1. The van der Waals surface area contributed by atoms with Crippen LogP contribution in [0.25, 0.3) is 11.0 Å². The Morgan fingerprint density at radius 3 is 2.78 bits per heavy atom. The Morgan fingerprint density at radius 2 is 2.04 bits per heavy atom. The van der Waals surface area contributed by atoms with Crippen LogP contribution in [0.4, 0.5) is 5.69 Å². The van der Waals surface area contributed by atoms with Crippen LogP contribution in [0.5, 0.6) is 5.75 Å². The normalized spacial score (nSPS) is 11.0. The van der Waals surface area contributed by atoms with Gasteiger partial charge in [0.05, 0.1) is 30.2 Å². The van der Waals surface area contributed by atoms with E-state index in [2.05, 4.69) is 29.1 Å². The number of H-pyrrole nitrogens is 1. The lowest BCUT2D eigenvalue weighted by molar-refractivity contribution is 0.102. The van der Waals surface area contributed by atoms with E-state index in [0.29, 0.717) is 22.9 Å². The molecule has 5 nitrogen and oxygen atoms in total. The Bertz CT molecular complexity index is 852. The minimum absolute atomic E-state index is 0.183. The fourth-order valence-electron chi connectivity index (χ4n) is 2.44. The highest BCUT2D eigenvalue weighted by Gasteiger charge is 2.12. The Kier molecular flexibility index (Phi) is 4.02. The average Bonchev–Trinajstić information content (AvgIpc) is 3.02. The number of hydrogen-bond acceptors (Lipinski definition) is 3. The second-order valence-electron chi connectivity index (χ2n) is 5.70. The van der Waals surface area contributed by atoms with Gasteiger partial charge < -0.3 is 15.0 Å². The molecule has 0 saturated carbocycles. The quantitative estimate of drug-likeness (QED) is 0.767. The molecular formula is C18H19N3O2. The summed E-state index contributed by atoms with van der Waals surface area (Å²) in [6.45, 7) is 4.24. The van der Waals surface area contributed by atoms with Crippen molar-refractivity contribution in [2.45, 2.75) is 19.8 Å². The summed E-state index contributed by atoms with van der Waals surface area (Å²) in [5.74, 6) is 0.876. The standard InChI is InChI=1S/C18H19N3O2/c1-11(2)12-4-7-15(17(9-12)23-3)21-18(22)13-5-6-14-16(8-13)20-10-19-14/h4-11H,1-3H3,(H,19,20)(H,21,22). The molecule has 0 atom stereocenters. The molecule has 1 aromatic heterocycles. The first-order valence-corrected chi connectivity index (χ1v) is 7.51.